The lowest BCUT2D eigenvalue weighted by molar-refractivity contribution is -0.148. The minimum atomic E-state index is -1.42. The zero-order valence-corrected chi connectivity index (χ0v) is 21.0. The molecule has 0 saturated carbocycles. The summed E-state index contributed by atoms with van der Waals surface area (Å²) >= 11 is 12.2. The number of nitrogens with zero attached hydrogens (tertiary/aromatic N) is 1. The van der Waals surface area contributed by atoms with E-state index in [4.69, 9.17) is 28.0 Å². The van der Waals surface area contributed by atoms with Crippen molar-refractivity contribution in [1.82, 2.24) is 15.8 Å². The van der Waals surface area contributed by atoms with Crippen LogP contribution in [0.4, 0.5) is 5.69 Å². The van der Waals surface area contributed by atoms with Crippen LogP contribution in [0.1, 0.15) is 28.4 Å². The van der Waals surface area contributed by atoms with Crippen LogP contribution in [0.25, 0.3) is 5.70 Å². The van der Waals surface area contributed by atoms with Crippen LogP contribution < -0.4 is 16.1 Å². The van der Waals surface area contributed by atoms with E-state index in [1.165, 1.54) is 6.92 Å². The van der Waals surface area contributed by atoms with E-state index >= 15 is 0 Å². The average Bonchev–Trinajstić information content (AvgIpc) is 3.28. The van der Waals surface area contributed by atoms with Crippen molar-refractivity contribution in [2.75, 3.05) is 5.32 Å². The summed E-state index contributed by atoms with van der Waals surface area (Å²) in [6, 6.07) is 13.6. The summed E-state index contributed by atoms with van der Waals surface area (Å²) < 4.78 is 0. The fourth-order valence-corrected chi connectivity index (χ4v) is 4.21. The first kappa shape index (κ1) is 26.2. The Kier molecular flexibility index (Phi) is 7.77. The van der Waals surface area contributed by atoms with Gasteiger partial charge in [0.2, 0.25) is 0 Å². The second-order valence-corrected chi connectivity index (χ2v) is 9.24. The Morgan fingerprint density at radius 1 is 1.08 bits per heavy atom. The molecule has 2 atom stereocenters. The molecule has 1 aliphatic rings. The first-order valence-electron chi connectivity index (χ1n) is 11.1. The van der Waals surface area contributed by atoms with Gasteiger partial charge < -0.3 is 15.7 Å². The van der Waals surface area contributed by atoms with Crippen molar-refractivity contribution in [3.8, 4) is 0 Å². The van der Waals surface area contributed by atoms with E-state index in [-0.39, 0.29) is 22.0 Å². The SMILES string of the molecule is C[C@@]1(C(=O)N[C@@H](Cc2ccc(NC(=O)c3c(Cl)cccc3Cl)cc2)C(=O)O)C=C(c2cccnc2)NO1. The molecule has 0 saturated heterocycles. The number of pyridine rings is 1. The first-order chi connectivity index (χ1) is 17.7. The van der Waals surface area contributed by atoms with E-state index in [9.17, 15) is 19.5 Å². The highest BCUT2D eigenvalue weighted by molar-refractivity contribution is 6.40. The minimum absolute atomic E-state index is 0.00826. The number of hydrogen-bond acceptors (Lipinski definition) is 6. The number of aliphatic carboxylic acids is 1. The van der Waals surface area contributed by atoms with E-state index < -0.39 is 29.4 Å². The topological polar surface area (TPSA) is 130 Å². The van der Waals surface area contributed by atoms with Gasteiger partial charge in [0.1, 0.15) is 6.04 Å². The quantitative estimate of drug-likeness (QED) is 0.338. The number of halogens is 2. The number of carbonyl (C=O) groups excluding carboxylic acids is 2. The standard InChI is InChI=1S/C26H22Cl2N4O5/c1-26(13-21(32-37-26)16-4-3-11-29-14-16)25(36)31-20(24(34)35)12-15-7-9-17(10-8-15)30-23(33)22-18(27)5-2-6-19(22)28/h2-11,13-14,20,32H,12H2,1H3,(H,30,33)(H,31,36)(H,34,35)/t20-,26-/m0/s1. The molecule has 9 nitrogen and oxygen atoms in total. The van der Waals surface area contributed by atoms with Gasteiger partial charge in [-0.05, 0) is 55.0 Å². The number of aromatic nitrogens is 1. The van der Waals surface area contributed by atoms with Gasteiger partial charge in [0, 0.05) is 30.1 Å². The number of hydrogen-bond donors (Lipinski definition) is 4. The molecule has 0 fully saturated rings. The molecule has 4 rings (SSSR count). The number of rotatable bonds is 8. The Labute approximate surface area is 222 Å². The third-order valence-electron chi connectivity index (χ3n) is 5.66. The summed E-state index contributed by atoms with van der Waals surface area (Å²) in [5, 5.41) is 15.4. The molecule has 11 heteroatoms. The molecular formula is C26H22Cl2N4O5. The Hall–Kier alpha value is -3.92. The van der Waals surface area contributed by atoms with Gasteiger partial charge in [-0.3, -0.25) is 24.9 Å². The third kappa shape index (κ3) is 6.08. The number of carboxylic acid groups (broad SMARTS) is 1. The highest BCUT2D eigenvalue weighted by Gasteiger charge is 2.40. The van der Waals surface area contributed by atoms with Gasteiger partial charge in [-0.25, -0.2) is 4.79 Å². The second kappa shape index (κ2) is 11.0. The number of benzene rings is 2. The van der Waals surface area contributed by atoms with E-state index in [0.29, 0.717) is 16.9 Å². The lowest BCUT2D eigenvalue weighted by Gasteiger charge is -2.22. The number of hydroxylamine groups is 1. The zero-order chi connectivity index (χ0) is 26.6. The minimum Gasteiger partial charge on any atom is -0.480 e. The second-order valence-electron chi connectivity index (χ2n) is 8.43. The molecule has 37 heavy (non-hydrogen) atoms. The highest BCUT2D eigenvalue weighted by Crippen LogP contribution is 2.27. The molecule has 0 radical (unpaired) electrons. The van der Waals surface area contributed by atoms with E-state index in [0.717, 1.165) is 5.56 Å². The maximum Gasteiger partial charge on any atom is 0.326 e. The summed E-state index contributed by atoms with van der Waals surface area (Å²) in [5.74, 6) is -2.30. The number of carbonyl (C=O) groups is 3. The molecule has 4 N–H and O–H groups in total. The fraction of sp³-hybridized carbons (Fsp3) is 0.154. The fourth-order valence-electron chi connectivity index (χ4n) is 3.64. The van der Waals surface area contributed by atoms with Gasteiger partial charge in [-0.15, -0.1) is 0 Å². The summed E-state index contributed by atoms with van der Waals surface area (Å²) in [6.07, 6.45) is 4.81. The molecule has 0 bridgehead atoms. The van der Waals surface area contributed by atoms with Crippen LogP contribution in [0.3, 0.4) is 0 Å². The Balaban J connectivity index is 1.41. The molecule has 2 heterocycles. The van der Waals surface area contributed by atoms with Gasteiger partial charge >= 0.3 is 5.97 Å². The van der Waals surface area contributed by atoms with Crippen LogP contribution in [0, 0.1) is 0 Å². The summed E-state index contributed by atoms with van der Waals surface area (Å²) in [7, 11) is 0. The van der Waals surface area contributed by atoms with Crippen molar-refractivity contribution in [2.45, 2.75) is 25.0 Å². The predicted molar refractivity (Wildman–Crippen MR) is 139 cm³/mol. The number of amides is 2. The summed E-state index contributed by atoms with van der Waals surface area (Å²) in [5.41, 5.74) is 3.79. The van der Waals surface area contributed by atoms with E-state index in [1.54, 1.807) is 73.1 Å². The largest absolute Gasteiger partial charge is 0.480 e. The van der Waals surface area contributed by atoms with Crippen LogP contribution in [0.2, 0.25) is 10.0 Å². The molecule has 3 aromatic rings. The summed E-state index contributed by atoms with van der Waals surface area (Å²) in [6.45, 7) is 1.53. The van der Waals surface area contributed by atoms with Gasteiger partial charge in [-0.1, -0.05) is 41.4 Å². The summed E-state index contributed by atoms with van der Waals surface area (Å²) in [4.78, 5) is 46.9. The van der Waals surface area contributed by atoms with Crippen LogP contribution >= 0.6 is 23.2 Å². The molecule has 190 valence electrons. The molecular weight excluding hydrogens is 519 g/mol. The zero-order valence-electron chi connectivity index (χ0n) is 19.5. The highest BCUT2D eigenvalue weighted by atomic mass is 35.5. The maximum absolute atomic E-state index is 12.9. The third-order valence-corrected chi connectivity index (χ3v) is 6.29. The Morgan fingerprint density at radius 2 is 1.78 bits per heavy atom. The number of anilines is 1. The molecule has 1 aliphatic heterocycles. The molecule has 0 aliphatic carbocycles. The van der Waals surface area contributed by atoms with Crippen molar-refractivity contribution in [1.29, 1.82) is 0 Å². The van der Waals surface area contributed by atoms with Crippen LogP contribution in [0.5, 0.6) is 0 Å². The van der Waals surface area contributed by atoms with Gasteiger partial charge in [0.15, 0.2) is 5.60 Å². The van der Waals surface area contributed by atoms with Crippen molar-refractivity contribution in [3.05, 3.63) is 99.8 Å². The van der Waals surface area contributed by atoms with E-state index in [2.05, 4.69) is 21.1 Å². The Bertz CT molecular complexity index is 1340. The van der Waals surface area contributed by atoms with Crippen LogP contribution in [-0.4, -0.2) is 39.5 Å². The lowest BCUT2D eigenvalue weighted by atomic mass is 10.0. The molecule has 2 aromatic carbocycles. The predicted octanol–water partition coefficient (Wildman–Crippen LogP) is 4.09. The molecule has 0 unspecified atom stereocenters. The molecule has 1 aromatic heterocycles. The van der Waals surface area contributed by atoms with Crippen LogP contribution in [-0.2, 0) is 20.8 Å². The van der Waals surface area contributed by atoms with Crippen molar-refractivity contribution in [2.24, 2.45) is 0 Å². The van der Waals surface area contributed by atoms with E-state index in [1.807, 2.05) is 0 Å². The van der Waals surface area contributed by atoms with Crippen LogP contribution in [0.15, 0.2) is 73.1 Å². The lowest BCUT2D eigenvalue weighted by Crippen LogP contribution is -2.51. The van der Waals surface area contributed by atoms with Gasteiger partial charge in [0.25, 0.3) is 11.8 Å². The Morgan fingerprint density at radius 3 is 2.41 bits per heavy atom. The first-order valence-corrected chi connectivity index (χ1v) is 11.9. The smallest absolute Gasteiger partial charge is 0.326 e. The number of carboxylic acids is 1. The van der Waals surface area contributed by atoms with Crippen molar-refractivity contribution >= 4 is 52.4 Å². The monoisotopic (exact) mass is 540 g/mol. The number of nitrogens with one attached hydrogen (secondary N) is 3. The normalized spacial score (nSPS) is 17.3. The molecule has 2 amide bonds. The maximum atomic E-state index is 12.9. The average molecular weight is 541 g/mol. The van der Waals surface area contributed by atoms with Gasteiger partial charge in [-0.2, -0.15) is 0 Å². The van der Waals surface area contributed by atoms with Crippen molar-refractivity contribution in [3.63, 3.8) is 0 Å². The van der Waals surface area contributed by atoms with Gasteiger partial charge in [0.05, 0.1) is 21.3 Å². The molecule has 0 spiro atoms. The van der Waals surface area contributed by atoms with Crippen molar-refractivity contribution < 1.29 is 24.3 Å².